The number of aryl methyl sites for hydroxylation is 3. The van der Waals surface area contributed by atoms with Gasteiger partial charge in [0.2, 0.25) is 0 Å². The third-order valence-electron chi connectivity index (χ3n) is 6.32. The van der Waals surface area contributed by atoms with Crippen LogP contribution in [0.1, 0.15) is 60.4 Å². The standard InChI is InChI=1S/C23H31N7S/c1-14(2)22-25-15(3)12-19(28-22)30-10-8-29(9-11-30)13-18-26-21(24)20-16-6-4-5-7-17(16)31-23(20)27-18/h12,14H,4-11,13H2,1-3H3,(H2,24,26,27). The Morgan fingerprint density at radius 3 is 2.58 bits per heavy atom. The van der Waals surface area contributed by atoms with E-state index < -0.39 is 0 Å². The summed E-state index contributed by atoms with van der Waals surface area (Å²) >= 11 is 1.82. The van der Waals surface area contributed by atoms with Crippen LogP contribution < -0.4 is 10.6 Å². The first kappa shape index (κ1) is 20.6. The summed E-state index contributed by atoms with van der Waals surface area (Å²) in [5, 5.41) is 1.12. The molecule has 0 bridgehead atoms. The smallest absolute Gasteiger partial charge is 0.146 e. The van der Waals surface area contributed by atoms with Crippen LogP contribution >= 0.6 is 11.3 Å². The summed E-state index contributed by atoms with van der Waals surface area (Å²) in [6, 6.07) is 2.10. The van der Waals surface area contributed by atoms with Crippen molar-refractivity contribution in [1.29, 1.82) is 0 Å². The number of fused-ring (bicyclic) bond motifs is 3. The lowest BCUT2D eigenvalue weighted by Crippen LogP contribution is -2.46. The molecule has 164 valence electrons. The van der Waals surface area contributed by atoms with Crippen molar-refractivity contribution in [3.05, 3.63) is 33.8 Å². The van der Waals surface area contributed by atoms with E-state index in [9.17, 15) is 0 Å². The summed E-state index contributed by atoms with van der Waals surface area (Å²) in [5.74, 6) is 3.81. The van der Waals surface area contributed by atoms with E-state index in [2.05, 4.69) is 34.7 Å². The van der Waals surface area contributed by atoms with Crippen molar-refractivity contribution in [2.75, 3.05) is 36.8 Å². The number of nitrogen functional groups attached to an aromatic ring is 1. The highest BCUT2D eigenvalue weighted by atomic mass is 32.1. The van der Waals surface area contributed by atoms with Crippen molar-refractivity contribution in [1.82, 2.24) is 24.8 Å². The van der Waals surface area contributed by atoms with Gasteiger partial charge in [-0.05, 0) is 38.2 Å². The first-order valence-electron chi connectivity index (χ1n) is 11.4. The van der Waals surface area contributed by atoms with Gasteiger partial charge in [0, 0.05) is 48.7 Å². The van der Waals surface area contributed by atoms with Crippen molar-refractivity contribution in [3.8, 4) is 0 Å². The van der Waals surface area contributed by atoms with Crippen LogP contribution in [0.4, 0.5) is 11.6 Å². The minimum Gasteiger partial charge on any atom is -0.383 e. The summed E-state index contributed by atoms with van der Waals surface area (Å²) in [6.07, 6.45) is 4.79. The maximum absolute atomic E-state index is 6.40. The highest BCUT2D eigenvalue weighted by molar-refractivity contribution is 7.19. The van der Waals surface area contributed by atoms with E-state index in [-0.39, 0.29) is 0 Å². The molecule has 0 unspecified atom stereocenters. The Morgan fingerprint density at radius 1 is 1.03 bits per heavy atom. The zero-order chi connectivity index (χ0) is 21.5. The molecule has 0 radical (unpaired) electrons. The minimum atomic E-state index is 0.334. The second-order valence-electron chi connectivity index (χ2n) is 9.06. The lowest BCUT2D eigenvalue weighted by atomic mass is 9.97. The minimum absolute atomic E-state index is 0.334. The predicted octanol–water partition coefficient (Wildman–Crippen LogP) is 3.70. The quantitative estimate of drug-likeness (QED) is 0.666. The summed E-state index contributed by atoms with van der Waals surface area (Å²) in [6.45, 7) is 10.9. The number of nitrogens with two attached hydrogens (primary N) is 1. The monoisotopic (exact) mass is 437 g/mol. The van der Waals surface area contributed by atoms with Gasteiger partial charge < -0.3 is 10.6 Å². The molecule has 31 heavy (non-hydrogen) atoms. The summed E-state index contributed by atoms with van der Waals surface area (Å²) in [7, 11) is 0. The molecule has 0 spiro atoms. The Morgan fingerprint density at radius 2 is 1.81 bits per heavy atom. The third kappa shape index (κ3) is 4.11. The molecule has 3 aromatic heterocycles. The van der Waals surface area contributed by atoms with Crippen molar-refractivity contribution >= 4 is 33.2 Å². The van der Waals surface area contributed by atoms with Gasteiger partial charge in [0.1, 0.15) is 28.1 Å². The van der Waals surface area contributed by atoms with Gasteiger partial charge in [-0.1, -0.05) is 13.8 Å². The van der Waals surface area contributed by atoms with Gasteiger partial charge in [0.05, 0.1) is 11.9 Å². The molecular weight excluding hydrogens is 406 g/mol. The Kier molecular flexibility index (Phi) is 5.52. The Labute approximate surface area is 187 Å². The van der Waals surface area contributed by atoms with Crippen LogP contribution in [0.15, 0.2) is 6.07 Å². The second kappa shape index (κ2) is 8.31. The molecule has 0 amide bonds. The average Bonchev–Trinajstić information content (AvgIpc) is 3.12. The van der Waals surface area contributed by atoms with Gasteiger partial charge in [-0.15, -0.1) is 11.3 Å². The van der Waals surface area contributed by atoms with Gasteiger partial charge >= 0.3 is 0 Å². The van der Waals surface area contributed by atoms with E-state index in [1.165, 1.54) is 23.3 Å². The maximum atomic E-state index is 6.40. The molecule has 1 saturated heterocycles. The molecule has 2 aliphatic rings. The Bertz CT molecular complexity index is 1100. The molecule has 0 atom stereocenters. The number of thiophene rings is 1. The van der Waals surface area contributed by atoms with Crippen LogP contribution in [0.25, 0.3) is 10.2 Å². The van der Waals surface area contributed by atoms with E-state index >= 15 is 0 Å². The number of aromatic nitrogens is 4. The second-order valence-corrected chi connectivity index (χ2v) is 10.1. The first-order valence-corrected chi connectivity index (χ1v) is 12.2. The van der Waals surface area contributed by atoms with Crippen LogP contribution in [0.2, 0.25) is 0 Å². The highest BCUT2D eigenvalue weighted by Gasteiger charge is 2.23. The van der Waals surface area contributed by atoms with E-state index in [1.54, 1.807) is 0 Å². The lowest BCUT2D eigenvalue weighted by Gasteiger charge is -2.35. The zero-order valence-electron chi connectivity index (χ0n) is 18.7. The fourth-order valence-corrected chi connectivity index (χ4v) is 5.92. The van der Waals surface area contributed by atoms with E-state index in [1.807, 2.05) is 18.3 Å². The number of rotatable bonds is 4. The Hall–Kier alpha value is -2.32. The van der Waals surface area contributed by atoms with E-state index in [4.69, 9.17) is 20.7 Å². The van der Waals surface area contributed by atoms with E-state index in [0.717, 1.165) is 78.9 Å². The van der Waals surface area contributed by atoms with Gasteiger partial charge in [-0.25, -0.2) is 19.9 Å². The molecule has 1 fully saturated rings. The first-order chi connectivity index (χ1) is 15.0. The molecule has 8 heteroatoms. The maximum Gasteiger partial charge on any atom is 0.146 e. The molecule has 0 aromatic carbocycles. The van der Waals surface area contributed by atoms with Crippen molar-refractivity contribution < 1.29 is 0 Å². The number of nitrogens with zero attached hydrogens (tertiary/aromatic N) is 6. The molecule has 3 aromatic rings. The molecule has 1 aliphatic heterocycles. The zero-order valence-corrected chi connectivity index (χ0v) is 19.5. The van der Waals surface area contributed by atoms with Crippen LogP contribution in [0.5, 0.6) is 0 Å². The molecule has 4 heterocycles. The summed E-state index contributed by atoms with van der Waals surface area (Å²) in [5.41, 5.74) is 8.84. The van der Waals surface area contributed by atoms with Crippen molar-refractivity contribution in [3.63, 3.8) is 0 Å². The SMILES string of the molecule is Cc1cc(N2CCN(Cc3nc(N)c4c5c(sc4n3)CCCC5)CC2)nc(C(C)C)n1. The Balaban J connectivity index is 1.28. The molecule has 7 nitrogen and oxygen atoms in total. The summed E-state index contributed by atoms with van der Waals surface area (Å²) < 4.78 is 0. The normalized spacial score (nSPS) is 17.5. The van der Waals surface area contributed by atoms with E-state index in [0.29, 0.717) is 11.7 Å². The van der Waals surface area contributed by atoms with Gasteiger partial charge in [-0.3, -0.25) is 4.90 Å². The topological polar surface area (TPSA) is 84.1 Å². The third-order valence-corrected chi connectivity index (χ3v) is 7.51. The van der Waals surface area contributed by atoms with Crippen LogP contribution in [-0.2, 0) is 19.4 Å². The van der Waals surface area contributed by atoms with Crippen molar-refractivity contribution in [2.24, 2.45) is 0 Å². The number of hydrogen-bond donors (Lipinski definition) is 1. The average molecular weight is 438 g/mol. The molecular formula is C23H31N7S. The lowest BCUT2D eigenvalue weighted by molar-refractivity contribution is 0.244. The fourth-order valence-electron chi connectivity index (χ4n) is 4.63. The molecule has 5 rings (SSSR count). The molecule has 0 saturated carbocycles. The predicted molar refractivity (Wildman–Crippen MR) is 127 cm³/mol. The van der Waals surface area contributed by atoms with Crippen LogP contribution in [-0.4, -0.2) is 51.0 Å². The van der Waals surface area contributed by atoms with Crippen molar-refractivity contribution in [2.45, 2.75) is 58.9 Å². The largest absolute Gasteiger partial charge is 0.383 e. The molecule has 2 N–H and O–H groups in total. The number of hydrogen-bond acceptors (Lipinski definition) is 8. The van der Waals surface area contributed by atoms with Crippen LogP contribution in [0.3, 0.4) is 0 Å². The van der Waals surface area contributed by atoms with Gasteiger partial charge in [0.15, 0.2) is 0 Å². The molecule has 1 aliphatic carbocycles. The van der Waals surface area contributed by atoms with Gasteiger partial charge in [-0.2, -0.15) is 0 Å². The summed E-state index contributed by atoms with van der Waals surface area (Å²) in [4.78, 5) is 26.3. The highest BCUT2D eigenvalue weighted by Crippen LogP contribution is 2.37. The van der Waals surface area contributed by atoms with Gasteiger partial charge in [0.25, 0.3) is 0 Å². The number of anilines is 2. The fraction of sp³-hybridized carbons (Fsp3) is 0.565. The van der Waals surface area contributed by atoms with Crippen LogP contribution in [0, 0.1) is 6.92 Å². The number of piperazine rings is 1.